The number of primary amides is 1. The van der Waals surface area contributed by atoms with Crippen LogP contribution >= 0.6 is 11.3 Å². The average Bonchev–Trinajstić information content (AvgIpc) is 3.33. The molecule has 4 aromatic rings. The lowest BCUT2D eigenvalue weighted by Crippen LogP contribution is -2.12. The molecule has 25 heavy (non-hydrogen) atoms. The minimum absolute atomic E-state index is 0.275. The van der Waals surface area contributed by atoms with Gasteiger partial charge in [0.25, 0.3) is 11.8 Å². The Labute approximate surface area is 145 Å². The summed E-state index contributed by atoms with van der Waals surface area (Å²) in [6, 6.07) is 7.01. The van der Waals surface area contributed by atoms with Crippen molar-refractivity contribution in [1.29, 1.82) is 0 Å². The SMILES string of the molecule is NC(=O)c1cc(-c2csc(NC(=O)c3cccc4cn[nH]c34)n2)c[nH]1. The maximum Gasteiger partial charge on any atom is 0.265 e. The van der Waals surface area contributed by atoms with E-state index < -0.39 is 5.91 Å². The number of rotatable bonds is 4. The Morgan fingerprint density at radius 2 is 2.16 bits per heavy atom. The van der Waals surface area contributed by atoms with Gasteiger partial charge in [-0.1, -0.05) is 12.1 Å². The molecule has 0 radical (unpaired) electrons. The number of H-pyrrole nitrogens is 2. The van der Waals surface area contributed by atoms with Gasteiger partial charge in [0, 0.05) is 22.5 Å². The second-order valence-corrected chi connectivity index (χ2v) is 6.16. The van der Waals surface area contributed by atoms with E-state index in [1.54, 1.807) is 36.0 Å². The summed E-state index contributed by atoms with van der Waals surface area (Å²) in [7, 11) is 0. The van der Waals surface area contributed by atoms with Gasteiger partial charge in [0.05, 0.1) is 23.0 Å². The molecule has 8 nitrogen and oxygen atoms in total. The fourth-order valence-electron chi connectivity index (χ4n) is 2.47. The van der Waals surface area contributed by atoms with Gasteiger partial charge in [-0.05, 0) is 12.1 Å². The number of hydrogen-bond acceptors (Lipinski definition) is 5. The highest BCUT2D eigenvalue weighted by Crippen LogP contribution is 2.26. The number of nitrogens with zero attached hydrogens (tertiary/aromatic N) is 2. The number of para-hydroxylation sites is 1. The van der Waals surface area contributed by atoms with Crippen LogP contribution in [0.25, 0.3) is 22.2 Å². The van der Waals surface area contributed by atoms with E-state index in [2.05, 4.69) is 25.5 Å². The van der Waals surface area contributed by atoms with Crippen LogP contribution in [0.2, 0.25) is 0 Å². The van der Waals surface area contributed by atoms with Gasteiger partial charge in [-0.3, -0.25) is 20.0 Å². The van der Waals surface area contributed by atoms with Crippen molar-refractivity contribution in [2.75, 3.05) is 5.32 Å². The minimum Gasteiger partial charge on any atom is -0.364 e. The first-order chi connectivity index (χ1) is 12.1. The van der Waals surface area contributed by atoms with E-state index in [0.29, 0.717) is 27.6 Å². The third-order valence-electron chi connectivity index (χ3n) is 3.69. The lowest BCUT2D eigenvalue weighted by Gasteiger charge is -2.02. The van der Waals surface area contributed by atoms with Crippen molar-refractivity contribution < 1.29 is 9.59 Å². The molecule has 0 saturated heterocycles. The maximum absolute atomic E-state index is 12.5. The molecule has 0 aliphatic carbocycles. The van der Waals surface area contributed by atoms with Crippen LogP contribution in [0.5, 0.6) is 0 Å². The molecule has 5 N–H and O–H groups in total. The molecule has 3 heterocycles. The van der Waals surface area contributed by atoms with E-state index in [1.807, 2.05) is 6.07 Å². The van der Waals surface area contributed by atoms with Crippen LogP contribution in [-0.4, -0.2) is 32.0 Å². The first kappa shape index (κ1) is 15.1. The van der Waals surface area contributed by atoms with Gasteiger partial charge < -0.3 is 10.7 Å². The molecule has 0 atom stereocenters. The number of fused-ring (bicyclic) bond motifs is 1. The fourth-order valence-corrected chi connectivity index (χ4v) is 3.19. The van der Waals surface area contributed by atoms with Crippen molar-refractivity contribution in [2.24, 2.45) is 5.73 Å². The summed E-state index contributed by atoms with van der Waals surface area (Å²) in [5.74, 6) is -0.815. The highest BCUT2D eigenvalue weighted by molar-refractivity contribution is 7.14. The minimum atomic E-state index is -0.539. The summed E-state index contributed by atoms with van der Waals surface area (Å²) in [6.45, 7) is 0. The molecule has 2 amide bonds. The van der Waals surface area contributed by atoms with Gasteiger partial charge in [0.2, 0.25) is 0 Å². The van der Waals surface area contributed by atoms with Gasteiger partial charge in [-0.15, -0.1) is 11.3 Å². The van der Waals surface area contributed by atoms with Gasteiger partial charge in [-0.25, -0.2) is 4.98 Å². The summed E-state index contributed by atoms with van der Waals surface area (Å²) in [6.07, 6.45) is 3.31. The number of thiazole rings is 1. The van der Waals surface area contributed by atoms with E-state index in [4.69, 9.17) is 5.73 Å². The number of carbonyl (C=O) groups is 2. The van der Waals surface area contributed by atoms with E-state index in [-0.39, 0.29) is 5.91 Å². The summed E-state index contributed by atoms with van der Waals surface area (Å²) in [5.41, 5.74) is 8.06. The molecule has 0 aliphatic heterocycles. The molecule has 4 rings (SSSR count). The molecular formula is C16H12N6O2S. The van der Waals surface area contributed by atoms with Crippen molar-refractivity contribution >= 4 is 39.2 Å². The normalized spacial score (nSPS) is 10.9. The quantitative estimate of drug-likeness (QED) is 0.449. The van der Waals surface area contributed by atoms with Crippen molar-refractivity contribution in [1.82, 2.24) is 20.2 Å². The Hall–Kier alpha value is -3.46. The van der Waals surface area contributed by atoms with Gasteiger partial charge in [-0.2, -0.15) is 5.10 Å². The zero-order chi connectivity index (χ0) is 17.4. The van der Waals surface area contributed by atoms with E-state index in [1.165, 1.54) is 11.3 Å². The summed E-state index contributed by atoms with van der Waals surface area (Å²) in [5, 5.41) is 12.7. The van der Waals surface area contributed by atoms with E-state index in [0.717, 1.165) is 10.9 Å². The highest BCUT2D eigenvalue weighted by Gasteiger charge is 2.14. The lowest BCUT2D eigenvalue weighted by atomic mass is 10.1. The van der Waals surface area contributed by atoms with Crippen LogP contribution in [0.4, 0.5) is 5.13 Å². The summed E-state index contributed by atoms with van der Waals surface area (Å²) < 4.78 is 0. The number of aromatic amines is 2. The second kappa shape index (κ2) is 5.87. The lowest BCUT2D eigenvalue weighted by molar-refractivity contribution is 0.0994. The Balaban J connectivity index is 1.57. The number of aromatic nitrogens is 4. The van der Waals surface area contributed by atoms with E-state index in [9.17, 15) is 9.59 Å². The van der Waals surface area contributed by atoms with Crippen LogP contribution in [-0.2, 0) is 0 Å². The predicted octanol–water partition coefficient (Wildman–Crippen LogP) is 2.37. The first-order valence-electron chi connectivity index (χ1n) is 7.29. The molecule has 0 saturated carbocycles. The molecule has 0 fully saturated rings. The number of nitrogens with two attached hydrogens (primary N) is 1. The average molecular weight is 352 g/mol. The Morgan fingerprint density at radius 1 is 1.28 bits per heavy atom. The third-order valence-corrected chi connectivity index (χ3v) is 4.45. The van der Waals surface area contributed by atoms with Crippen molar-refractivity contribution in [3.63, 3.8) is 0 Å². The van der Waals surface area contributed by atoms with Crippen LogP contribution in [0.3, 0.4) is 0 Å². The molecule has 1 aromatic carbocycles. The van der Waals surface area contributed by atoms with E-state index >= 15 is 0 Å². The third kappa shape index (κ3) is 2.76. The topological polar surface area (TPSA) is 130 Å². The second-order valence-electron chi connectivity index (χ2n) is 5.30. The number of nitrogens with one attached hydrogen (secondary N) is 3. The largest absolute Gasteiger partial charge is 0.364 e. The summed E-state index contributed by atoms with van der Waals surface area (Å²) in [4.78, 5) is 30.8. The van der Waals surface area contributed by atoms with Crippen LogP contribution < -0.4 is 11.1 Å². The molecule has 0 unspecified atom stereocenters. The molecule has 0 bridgehead atoms. The smallest absolute Gasteiger partial charge is 0.265 e. The van der Waals surface area contributed by atoms with Crippen LogP contribution in [0.1, 0.15) is 20.8 Å². The number of benzene rings is 1. The predicted molar refractivity (Wildman–Crippen MR) is 94.5 cm³/mol. The van der Waals surface area contributed by atoms with Gasteiger partial charge in [0.1, 0.15) is 5.69 Å². The van der Waals surface area contributed by atoms with Crippen molar-refractivity contribution in [2.45, 2.75) is 0 Å². The zero-order valence-electron chi connectivity index (χ0n) is 12.7. The number of hydrogen-bond donors (Lipinski definition) is 4. The molecular weight excluding hydrogens is 340 g/mol. The van der Waals surface area contributed by atoms with Crippen molar-refractivity contribution in [3.8, 4) is 11.3 Å². The zero-order valence-corrected chi connectivity index (χ0v) is 13.6. The number of amides is 2. The maximum atomic E-state index is 12.5. The van der Waals surface area contributed by atoms with Gasteiger partial charge in [0.15, 0.2) is 5.13 Å². The first-order valence-corrected chi connectivity index (χ1v) is 8.17. The standard InChI is InChI=1S/C16H12N6O2S/c17-14(23)11-4-9(5-18-11)12-7-25-16(20-12)21-15(24)10-3-1-2-8-6-19-22-13(8)10/h1-7,18H,(H2,17,23)(H,19,22)(H,20,21,24). The molecule has 0 spiro atoms. The monoisotopic (exact) mass is 352 g/mol. The molecule has 3 aromatic heterocycles. The van der Waals surface area contributed by atoms with Crippen molar-refractivity contribution in [3.05, 3.63) is 53.3 Å². The fraction of sp³-hybridized carbons (Fsp3) is 0. The van der Waals surface area contributed by atoms with Crippen LogP contribution in [0, 0.1) is 0 Å². The molecule has 0 aliphatic rings. The molecule has 124 valence electrons. The highest BCUT2D eigenvalue weighted by atomic mass is 32.1. The van der Waals surface area contributed by atoms with Crippen LogP contribution in [0.15, 0.2) is 42.0 Å². The van der Waals surface area contributed by atoms with Gasteiger partial charge >= 0.3 is 0 Å². The Morgan fingerprint density at radius 3 is 2.96 bits per heavy atom. The Bertz CT molecular complexity index is 1090. The Kier molecular flexibility index (Phi) is 3.55. The molecule has 9 heteroatoms. The summed E-state index contributed by atoms with van der Waals surface area (Å²) >= 11 is 1.29. The number of anilines is 1. The number of carbonyl (C=O) groups excluding carboxylic acids is 2.